The van der Waals surface area contributed by atoms with E-state index in [1.807, 2.05) is 29.2 Å². The Labute approximate surface area is 109 Å². The number of hydrogen-bond donors (Lipinski definition) is 1. The lowest BCUT2D eigenvalue weighted by Gasteiger charge is -2.56. The topological polar surface area (TPSA) is 40.5 Å². The molecular formula is C13H14BrNO2. The molecule has 1 amide bonds. The highest BCUT2D eigenvalue weighted by molar-refractivity contribution is 9.10. The van der Waals surface area contributed by atoms with Crippen molar-refractivity contribution in [3.8, 4) is 0 Å². The summed E-state index contributed by atoms with van der Waals surface area (Å²) in [6.07, 6.45) is 2.42. The summed E-state index contributed by atoms with van der Waals surface area (Å²) in [7, 11) is 0. The van der Waals surface area contributed by atoms with Crippen molar-refractivity contribution in [3.63, 3.8) is 0 Å². The first kappa shape index (κ1) is 11.2. The van der Waals surface area contributed by atoms with E-state index in [9.17, 15) is 9.90 Å². The van der Waals surface area contributed by atoms with E-state index in [4.69, 9.17) is 0 Å². The monoisotopic (exact) mass is 295 g/mol. The fourth-order valence-corrected chi connectivity index (χ4v) is 3.15. The Morgan fingerprint density at radius 3 is 2.76 bits per heavy atom. The molecule has 2 fully saturated rings. The van der Waals surface area contributed by atoms with Gasteiger partial charge in [0.1, 0.15) is 5.60 Å². The second kappa shape index (κ2) is 3.82. The van der Waals surface area contributed by atoms with Crippen molar-refractivity contribution in [2.24, 2.45) is 0 Å². The smallest absolute Gasteiger partial charge is 0.223 e. The summed E-state index contributed by atoms with van der Waals surface area (Å²) in [6, 6.07) is 7.70. The third-order valence-electron chi connectivity index (χ3n) is 3.87. The van der Waals surface area contributed by atoms with Crippen LogP contribution in [-0.2, 0) is 10.4 Å². The van der Waals surface area contributed by atoms with Gasteiger partial charge in [0, 0.05) is 10.9 Å². The van der Waals surface area contributed by atoms with Gasteiger partial charge in [0.2, 0.25) is 5.91 Å². The normalized spacial score (nSPS) is 32.0. The summed E-state index contributed by atoms with van der Waals surface area (Å²) >= 11 is 3.38. The molecule has 1 N–H and O–H groups in total. The first-order chi connectivity index (χ1) is 8.11. The van der Waals surface area contributed by atoms with E-state index in [1.54, 1.807) is 0 Å². The number of piperidine rings is 1. The van der Waals surface area contributed by atoms with Crippen LogP contribution in [0.3, 0.4) is 0 Å². The SMILES string of the molecule is O=C1CCC[C@@H]2N1C[C@]2(O)c1ccc(Br)cc1. The molecule has 0 radical (unpaired) electrons. The molecule has 3 rings (SSSR count). The number of benzene rings is 1. The van der Waals surface area contributed by atoms with Crippen LogP contribution in [0.4, 0.5) is 0 Å². The van der Waals surface area contributed by atoms with Crippen LogP contribution in [0.25, 0.3) is 0 Å². The number of amides is 1. The molecule has 2 aliphatic rings. The van der Waals surface area contributed by atoms with Crippen LogP contribution in [0.5, 0.6) is 0 Å². The quantitative estimate of drug-likeness (QED) is 0.861. The number of fused-ring (bicyclic) bond motifs is 1. The lowest BCUT2D eigenvalue weighted by molar-refractivity contribution is -0.189. The van der Waals surface area contributed by atoms with Gasteiger partial charge >= 0.3 is 0 Å². The summed E-state index contributed by atoms with van der Waals surface area (Å²) in [5.41, 5.74) is 0.0770. The van der Waals surface area contributed by atoms with Crippen LogP contribution in [0.1, 0.15) is 24.8 Å². The fourth-order valence-electron chi connectivity index (χ4n) is 2.89. The zero-order valence-corrected chi connectivity index (χ0v) is 11.0. The molecule has 2 atom stereocenters. The van der Waals surface area contributed by atoms with Gasteiger partial charge in [0.15, 0.2) is 0 Å². The van der Waals surface area contributed by atoms with Gasteiger partial charge in [0.25, 0.3) is 0 Å². The number of carbonyl (C=O) groups excluding carboxylic acids is 1. The van der Waals surface area contributed by atoms with Crippen molar-refractivity contribution in [3.05, 3.63) is 34.3 Å². The number of aliphatic hydroxyl groups is 1. The highest BCUT2D eigenvalue weighted by Crippen LogP contribution is 2.43. The molecular weight excluding hydrogens is 282 g/mol. The van der Waals surface area contributed by atoms with Gasteiger partial charge in [-0.15, -0.1) is 0 Å². The fraction of sp³-hybridized carbons (Fsp3) is 0.462. The molecule has 1 aromatic rings. The molecule has 90 valence electrons. The zero-order chi connectivity index (χ0) is 12.0. The van der Waals surface area contributed by atoms with Crippen molar-refractivity contribution in [1.29, 1.82) is 0 Å². The van der Waals surface area contributed by atoms with Crippen LogP contribution in [0, 0.1) is 0 Å². The first-order valence-corrected chi connectivity index (χ1v) is 6.68. The van der Waals surface area contributed by atoms with Gasteiger partial charge in [-0.2, -0.15) is 0 Å². The van der Waals surface area contributed by atoms with Gasteiger partial charge in [-0.25, -0.2) is 0 Å². The minimum atomic E-state index is -0.837. The lowest BCUT2D eigenvalue weighted by atomic mass is 9.73. The molecule has 0 saturated carbocycles. The highest BCUT2D eigenvalue weighted by atomic mass is 79.9. The van der Waals surface area contributed by atoms with E-state index in [-0.39, 0.29) is 11.9 Å². The maximum Gasteiger partial charge on any atom is 0.223 e. The molecule has 2 saturated heterocycles. The Morgan fingerprint density at radius 2 is 2.06 bits per heavy atom. The van der Waals surface area contributed by atoms with Crippen molar-refractivity contribution >= 4 is 21.8 Å². The molecule has 0 aromatic heterocycles. The standard InChI is InChI=1S/C13H14BrNO2/c14-10-6-4-9(5-7-10)13(17)8-15-11(13)2-1-3-12(15)16/h4-7,11,17H,1-3,8H2/t11-,13-/m0/s1. The molecule has 2 heterocycles. The van der Waals surface area contributed by atoms with Crippen LogP contribution in [0.15, 0.2) is 28.7 Å². The maximum absolute atomic E-state index is 11.6. The van der Waals surface area contributed by atoms with E-state index in [1.165, 1.54) is 0 Å². The third-order valence-corrected chi connectivity index (χ3v) is 4.40. The van der Waals surface area contributed by atoms with Gasteiger partial charge in [0.05, 0.1) is 12.6 Å². The highest BCUT2D eigenvalue weighted by Gasteiger charge is 2.55. The Bertz CT molecular complexity index is 459. The number of halogens is 1. The average molecular weight is 296 g/mol. The lowest BCUT2D eigenvalue weighted by Crippen LogP contribution is -2.70. The summed E-state index contributed by atoms with van der Waals surface area (Å²) in [6.45, 7) is 0.443. The van der Waals surface area contributed by atoms with Gasteiger partial charge < -0.3 is 10.0 Å². The average Bonchev–Trinajstić information content (AvgIpc) is 2.31. The minimum absolute atomic E-state index is 0.0232. The van der Waals surface area contributed by atoms with Crippen LogP contribution in [-0.4, -0.2) is 28.5 Å². The van der Waals surface area contributed by atoms with E-state index < -0.39 is 5.60 Å². The van der Waals surface area contributed by atoms with Crippen molar-refractivity contribution in [2.45, 2.75) is 30.9 Å². The molecule has 0 spiro atoms. The first-order valence-electron chi connectivity index (χ1n) is 5.89. The predicted octanol–water partition coefficient (Wildman–Crippen LogP) is 2.03. The Kier molecular flexibility index (Phi) is 2.52. The van der Waals surface area contributed by atoms with Crippen molar-refractivity contribution in [1.82, 2.24) is 4.90 Å². The largest absolute Gasteiger partial charge is 0.381 e. The number of hydrogen-bond acceptors (Lipinski definition) is 2. The summed E-state index contributed by atoms with van der Waals surface area (Å²) in [5.74, 6) is 0.183. The molecule has 0 unspecified atom stereocenters. The maximum atomic E-state index is 11.6. The molecule has 1 aromatic carbocycles. The molecule has 17 heavy (non-hydrogen) atoms. The third kappa shape index (κ3) is 1.62. The van der Waals surface area contributed by atoms with E-state index in [0.717, 1.165) is 22.9 Å². The Hall–Kier alpha value is -0.870. The van der Waals surface area contributed by atoms with E-state index in [2.05, 4.69) is 15.9 Å². The van der Waals surface area contributed by atoms with Crippen molar-refractivity contribution in [2.75, 3.05) is 6.54 Å². The van der Waals surface area contributed by atoms with E-state index >= 15 is 0 Å². The van der Waals surface area contributed by atoms with Crippen LogP contribution < -0.4 is 0 Å². The zero-order valence-electron chi connectivity index (χ0n) is 9.40. The molecule has 2 aliphatic heterocycles. The summed E-state index contributed by atoms with van der Waals surface area (Å²) in [5, 5.41) is 10.7. The summed E-state index contributed by atoms with van der Waals surface area (Å²) in [4.78, 5) is 13.4. The number of rotatable bonds is 1. The van der Waals surface area contributed by atoms with Crippen LogP contribution >= 0.6 is 15.9 Å². The summed E-state index contributed by atoms with van der Waals surface area (Å²) < 4.78 is 1.00. The van der Waals surface area contributed by atoms with Crippen LogP contribution in [0.2, 0.25) is 0 Å². The molecule has 0 aliphatic carbocycles. The molecule has 3 nitrogen and oxygen atoms in total. The molecule has 0 bridgehead atoms. The van der Waals surface area contributed by atoms with E-state index in [0.29, 0.717) is 13.0 Å². The molecule has 4 heteroatoms. The number of carbonyl (C=O) groups is 1. The van der Waals surface area contributed by atoms with Gasteiger partial charge in [-0.05, 0) is 30.5 Å². The Morgan fingerprint density at radius 1 is 1.35 bits per heavy atom. The van der Waals surface area contributed by atoms with Gasteiger partial charge in [-0.1, -0.05) is 28.1 Å². The van der Waals surface area contributed by atoms with Crippen molar-refractivity contribution < 1.29 is 9.90 Å². The second-order valence-corrected chi connectivity index (χ2v) is 5.78. The second-order valence-electron chi connectivity index (χ2n) is 4.86. The van der Waals surface area contributed by atoms with Gasteiger partial charge in [-0.3, -0.25) is 4.79 Å². The number of nitrogens with zero attached hydrogens (tertiary/aromatic N) is 1. The Balaban J connectivity index is 1.88. The predicted molar refractivity (Wildman–Crippen MR) is 67.4 cm³/mol. The minimum Gasteiger partial charge on any atom is -0.381 e.